The van der Waals surface area contributed by atoms with E-state index in [1.54, 1.807) is 19.2 Å². The summed E-state index contributed by atoms with van der Waals surface area (Å²) in [7, 11) is 0. The Morgan fingerprint density at radius 3 is 2.91 bits per heavy atom. The van der Waals surface area contributed by atoms with Gasteiger partial charge in [0.05, 0.1) is 6.20 Å². The second-order valence-corrected chi connectivity index (χ2v) is 10.4. The first-order valence-electron chi connectivity index (χ1n) is 9.91. The summed E-state index contributed by atoms with van der Waals surface area (Å²) >= 11 is 3.85. The van der Waals surface area contributed by atoms with Crippen LogP contribution in [0, 0.1) is 0 Å². The Morgan fingerprint density at radius 1 is 1.50 bits per heavy atom. The van der Waals surface area contributed by atoms with E-state index in [0.717, 1.165) is 11.3 Å². The number of hydrogen-bond donors (Lipinski definition) is 4. The third kappa shape index (κ3) is 4.88. The molecule has 1 unspecified atom stereocenters. The number of carboxylic acids is 1. The van der Waals surface area contributed by atoms with E-state index in [1.807, 2.05) is 0 Å². The largest absolute Gasteiger partial charge is 0.477 e. The van der Waals surface area contributed by atoms with E-state index < -0.39 is 29.2 Å². The number of carboxylic acid groups (broad SMARTS) is 1. The first-order chi connectivity index (χ1) is 16.3. The van der Waals surface area contributed by atoms with Gasteiger partial charge in [0.1, 0.15) is 33.9 Å². The van der Waals surface area contributed by atoms with Crippen LogP contribution < -0.4 is 11.1 Å². The SMILES string of the molecule is CC(C)O/N=C(\C(=O)NC1C(=O)N2C(C(=O)O)=C(CSc3cnn[nH]3)CS[C@H]12)c1csc(N)n1. The highest BCUT2D eigenvalue weighted by molar-refractivity contribution is 8.01. The van der Waals surface area contributed by atoms with Gasteiger partial charge in [-0.2, -0.15) is 0 Å². The number of fused-ring (bicyclic) bond motifs is 1. The summed E-state index contributed by atoms with van der Waals surface area (Å²) in [6.07, 6.45) is 1.24. The summed E-state index contributed by atoms with van der Waals surface area (Å²) in [6.45, 7) is 3.50. The molecule has 13 nitrogen and oxygen atoms in total. The number of thiazole rings is 1. The lowest BCUT2D eigenvalue weighted by atomic mass is 10.0. The number of nitrogen functional groups attached to an aromatic ring is 1. The molecule has 1 saturated heterocycles. The lowest BCUT2D eigenvalue weighted by molar-refractivity contribution is -0.150. The highest BCUT2D eigenvalue weighted by Gasteiger charge is 2.54. The molecule has 34 heavy (non-hydrogen) atoms. The van der Waals surface area contributed by atoms with Crippen molar-refractivity contribution in [3.05, 3.63) is 28.5 Å². The molecular formula is C18H20N8O5S3. The minimum absolute atomic E-state index is 0.0662. The average Bonchev–Trinajstić information content (AvgIpc) is 3.47. The molecule has 2 amide bonds. The Kier molecular flexibility index (Phi) is 7.08. The van der Waals surface area contributed by atoms with Crippen molar-refractivity contribution >= 4 is 63.5 Å². The lowest BCUT2D eigenvalue weighted by Gasteiger charge is -2.49. The third-order valence-corrected chi connectivity index (χ3v) is 7.68. The number of oxime groups is 1. The molecule has 16 heteroatoms. The smallest absolute Gasteiger partial charge is 0.352 e. The Bertz CT molecular complexity index is 1160. The predicted molar refractivity (Wildman–Crippen MR) is 126 cm³/mol. The van der Waals surface area contributed by atoms with Crippen molar-refractivity contribution in [1.82, 2.24) is 30.6 Å². The number of nitrogens with zero attached hydrogens (tertiary/aromatic N) is 5. The number of nitrogens with one attached hydrogen (secondary N) is 2. The summed E-state index contributed by atoms with van der Waals surface area (Å²) in [5, 5.41) is 28.3. The number of aliphatic carboxylic acids is 1. The van der Waals surface area contributed by atoms with Crippen LogP contribution in [0.2, 0.25) is 0 Å². The van der Waals surface area contributed by atoms with Crippen LogP contribution in [0.25, 0.3) is 0 Å². The van der Waals surface area contributed by atoms with Crippen LogP contribution in [-0.2, 0) is 19.2 Å². The van der Waals surface area contributed by atoms with E-state index in [4.69, 9.17) is 10.6 Å². The van der Waals surface area contributed by atoms with Crippen LogP contribution in [0.5, 0.6) is 0 Å². The minimum atomic E-state index is -1.20. The zero-order valence-electron chi connectivity index (χ0n) is 17.9. The van der Waals surface area contributed by atoms with Gasteiger partial charge in [-0.15, -0.1) is 40.0 Å². The molecule has 0 saturated carbocycles. The number of H-pyrrole nitrogens is 1. The van der Waals surface area contributed by atoms with Gasteiger partial charge in [-0.1, -0.05) is 10.4 Å². The van der Waals surface area contributed by atoms with Crippen LogP contribution in [-0.4, -0.2) is 82.9 Å². The van der Waals surface area contributed by atoms with Gasteiger partial charge in [-0.25, -0.2) is 9.78 Å². The van der Waals surface area contributed by atoms with Gasteiger partial charge in [0.25, 0.3) is 11.8 Å². The van der Waals surface area contributed by atoms with Crippen molar-refractivity contribution in [3.8, 4) is 0 Å². The van der Waals surface area contributed by atoms with Gasteiger partial charge in [0, 0.05) is 16.9 Å². The number of aromatic nitrogens is 4. The molecule has 2 aliphatic rings. The molecule has 2 aromatic heterocycles. The van der Waals surface area contributed by atoms with Crippen LogP contribution in [0.15, 0.2) is 33.0 Å². The number of thioether (sulfide) groups is 2. The number of nitrogens with two attached hydrogens (primary N) is 1. The number of carbonyl (C=O) groups is 3. The minimum Gasteiger partial charge on any atom is -0.477 e. The van der Waals surface area contributed by atoms with E-state index in [9.17, 15) is 19.5 Å². The fourth-order valence-electron chi connectivity index (χ4n) is 3.19. The van der Waals surface area contributed by atoms with Crippen molar-refractivity contribution in [2.45, 2.75) is 36.4 Å². The Hall–Kier alpha value is -3.11. The van der Waals surface area contributed by atoms with Crippen LogP contribution in [0.1, 0.15) is 19.5 Å². The quantitative estimate of drug-likeness (QED) is 0.155. The van der Waals surface area contributed by atoms with Gasteiger partial charge >= 0.3 is 5.97 Å². The van der Waals surface area contributed by atoms with Gasteiger partial charge in [0.2, 0.25) is 0 Å². The molecule has 4 rings (SSSR count). The van der Waals surface area contributed by atoms with Crippen LogP contribution in [0.4, 0.5) is 5.13 Å². The average molecular weight is 525 g/mol. The monoisotopic (exact) mass is 524 g/mol. The molecule has 180 valence electrons. The van der Waals surface area contributed by atoms with Gasteiger partial charge in [0.15, 0.2) is 10.8 Å². The maximum atomic E-state index is 13.0. The highest BCUT2D eigenvalue weighted by Crippen LogP contribution is 2.41. The van der Waals surface area contributed by atoms with Crippen LogP contribution >= 0.6 is 34.9 Å². The molecule has 0 bridgehead atoms. The first-order valence-corrected chi connectivity index (χ1v) is 12.8. The summed E-state index contributed by atoms with van der Waals surface area (Å²) < 4.78 is 0. The zero-order chi connectivity index (χ0) is 24.4. The van der Waals surface area contributed by atoms with Crippen molar-refractivity contribution in [1.29, 1.82) is 0 Å². The van der Waals surface area contributed by atoms with E-state index in [2.05, 4.69) is 30.9 Å². The van der Waals surface area contributed by atoms with E-state index in [1.165, 1.54) is 34.6 Å². The molecule has 2 aliphatic heterocycles. The molecule has 5 N–H and O–H groups in total. The summed E-state index contributed by atoms with van der Waals surface area (Å²) in [5.41, 5.74) is 6.31. The molecule has 0 radical (unpaired) electrons. The molecule has 4 heterocycles. The molecule has 2 atom stereocenters. The Balaban J connectivity index is 1.50. The topological polar surface area (TPSA) is 189 Å². The van der Waals surface area contributed by atoms with Gasteiger partial charge in [-0.3, -0.25) is 19.6 Å². The van der Waals surface area contributed by atoms with E-state index in [0.29, 0.717) is 22.1 Å². The van der Waals surface area contributed by atoms with Crippen LogP contribution in [0.3, 0.4) is 0 Å². The van der Waals surface area contributed by atoms with Gasteiger partial charge < -0.3 is 21.0 Å². The highest BCUT2D eigenvalue weighted by atomic mass is 32.2. The number of hydrogen-bond acceptors (Lipinski definition) is 12. The molecule has 0 spiro atoms. The molecule has 1 fully saturated rings. The van der Waals surface area contributed by atoms with Crippen molar-refractivity contribution in [2.24, 2.45) is 5.16 Å². The number of amides is 2. The molecule has 0 aliphatic carbocycles. The number of rotatable bonds is 9. The fraction of sp³-hybridized carbons (Fsp3) is 0.389. The summed E-state index contributed by atoms with van der Waals surface area (Å²) in [6, 6.07) is -0.918. The van der Waals surface area contributed by atoms with Crippen molar-refractivity contribution < 1.29 is 24.3 Å². The van der Waals surface area contributed by atoms with Gasteiger partial charge in [-0.05, 0) is 19.4 Å². The number of β-lactam (4-membered cyclic amide) rings is 1. The molecule has 2 aromatic rings. The first kappa shape index (κ1) is 24.0. The van der Waals surface area contributed by atoms with E-state index >= 15 is 0 Å². The number of anilines is 1. The Labute approximate surface area is 205 Å². The second-order valence-electron chi connectivity index (χ2n) is 7.39. The van der Waals surface area contributed by atoms with Crippen molar-refractivity contribution in [3.63, 3.8) is 0 Å². The second kappa shape index (κ2) is 10.0. The number of aromatic amines is 1. The fourth-order valence-corrected chi connectivity index (χ4v) is 6.00. The predicted octanol–water partition coefficient (Wildman–Crippen LogP) is 0.503. The summed E-state index contributed by atoms with van der Waals surface area (Å²) in [4.78, 5) is 48.4. The normalized spacial score (nSPS) is 20.3. The maximum Gasteiger partial charge on any atom is 0.352 e. The Morgan fingerprint density at radius 2 is 2.29 bits per heavy atom. The third-order valence-electron chi connectivity index (χ3n) is 4.67. The number of carbonyl (C=O) groups excluding carboxylic acids is 2. The van der Waals surface area contributed by atoms with E-state index in [-0.39, 0.29) is 28.3 Å². The summed E-state index contributed by atoms with van der Waals surface area (Å²) in [5.74, 6) is -1.65. The molecule has 0 aromatic carbocycles. The standard InChI is InChI=1S/C18H20N8O5S3/c1-7(2)31-24-11(9-6-34-18(19)21-9)14(27)22-12-15(28)26-13(17(29)30)8(5-33-16(12)26)4-32-10-3-20-25-23-10/h3,6-7,12,16H,4-5H2,1-2H3,(H2,19,21)(H,22,27)(H,29,30)(H,20,23,25)/b24-11-/t12?,16-/m1/s1. The van der Waals surface area contributed by atoms with Crippen molar-refractivity contribution in [2.75, 3.05) is 17.2 Å². The maximum absolute atomic E-state index is 13.0. The lowest BCUT2D eigenvalue weighted by Crippen LogP contribution is -2.71. The zero-order valence-corrected chi connectivity index (χ0v) is 20.4. The molecular weight excluding hydrogens is 504 g/mol.